The minimum atomic E-state index is -1.22. The molecule has 0 radical (unpaired) electrons. The number of unbranched alkanes of at least 4 members (excludes halogenated alkanes) is 20. The van der Waals surface area contributed by atoms with Gasteiger partial charge in [-0.2, -0.15) is 0 Å². The maximum atomic E-state index is 13.0. The van der Waals surface area contributed by atoms with Gasteiger partial charge in [0.1, 0.15) is 6.04 Å². The first-order chi connectivity index (χ1) is 20.9. The van der Waals surface area contributed by atoms with Gasteiger partial charge in [0.15, 0.2) is 0 Å². The number of hydrogen-bond acceptors (Lipinski definition) is 5. The van der Waals surface area contributed by atoms with Crippen LogP contribution in [0.5, 0.6) is 0 Å². The van der Waals surface area contributed by atoms with Gasteiger partial charge in [0, 0.05) is 12.4 Å². The summed E-state index contributed by atoms with van der Waals surface area (Å²) in [6.45, 7) is 7.05. The van der Waals surface area contributed by atoms with E-state index in [-0.39, 0.29) is 18.7 Å². The van der Waals surface area contributed by atoms with Crippen molar-refractivity contribution in [3.8, 4) is 0 Å². The monoisotopic (exact) mass is 609 g/mol. The molecule has 0 aromatic rings. The lowest BCUT2D eigenvalue weighted by Crippen LogP contribution is -2.43. The molecule has 254 valence electrons. The fraction of sp³-hybridized carbons (Fsp3) is 0.919. The average molecular weight is 609 g/mol. The van der Waals surface area contributed by atoms with Gasteiger partial charge in [0.05, 0.1) is 6.61 Å². The van der Waals surface area contributed by atoms with E-state index in [0.29, 0.717) is 18.9 Å². The van der Waals surface area contributed by atoms with Crippen LogP contribution in [0.4, 0.5) is 0 Å². The molecule has 6 nitrogen and oxygen atoms in total. The van der Waals surface area contributed by atoms with E-state index >= 15 is 0 Å². The fourth-order valence-electron chi connectivity index (χ4n) is 5.77. The van der Waals surface area contributed by atoms with E-state index in [1.165, 1.54) is 116 Å². The van der Waals surface area contributed by atoms with E-state index in [2.05, 4.69) is 26.1 Å². The maximum absolute atomic E-state index is 13.0. The van der Waals surface area contributed by atoms with Gasteiger partial charge >= 0.3 is 5.97 Å². The molecular formula is C37H70NO5-. The third kappa shape index (κ3) is 28.9. The van der Waals surface area contributed by atoms with Gasteiger partial charge in [0.25, 0.3) is 0 Å². The summed E-state index contributed by atoms with van der Waals surface area (Å²) in [4.78, 5) is 36.7. The molecule has 0 saturated carbocycles. The topological polar surface area (TPSA) is 95.5 Å². The second kappa shape index (κ2) is 31.8. The van der Waals surface area contributed by atoms with Crippen LogP contribution in [-0.2, 0) is 19.1 Å². The van der Waals surface area contributed by atoms with Crippen molar-refractivity contribution in [2.45, 2.75) is 207 Å². The summed E-state index contributed by atoms with van der Waals surface area (Å²) in [6, 6.07) is -0.929. The van der Waals surface area contributed by atoms with E-state index in [1.54, 1.807) is 0 Å². The molecule has 0 aliphatic carbocycles. The predicted octanol–water partition coefficient (Wildman–Crippen LogP) is 9.36. The molecule has 1 amide bonds. The Bertz CT molecular complexity index is 653. The van der Waals surface area contributed by atoms with Crippen LogP contribution >= 0.6 is 0 Å². The van der Waals surface area contributed by atoms with Gasteiger partial charge in [0.2, 0.25) is 5.91 Å². The Labute approximate surface area is 266 Å². The molecule has 0 fully saturated rings. The normalized spacial score (nSPS) is 12.6. The fourth-order valence-corrected chi connectivity index (χ4v) is 5.77. The van der Waals surface area contributed by atoms with Crippen LogP contribution < -0.4 is 10.4 Å². The van der Waals surface area contributed by atoms with Gasteiger partial charge in [-0.25, -0.2) is 4.79 Å². The number of carbonyl (C=O) groups is 3. The summed E-state index contributed by atoms with van der Waals surface area (Å²) in [5, 5.41) is 13.9. The summed E-state index contributed by atoms with van der Waals surface area (Å²) in [5.41, 5.74) is 0. The number of carboxylic acids is 1. The molecule has 1 N–H and O–H groups in total. The Balaban J connectivity index is 4.66. The van der Waals surface area contributed by atoms with Crippen molar-refractivity contribution in [1.82, 2.24) is 5.32 Å². The molecule has 0 aliphatic rings. The van der Waals surface area contributed by atoms with Gasteiger partial charge in [-0.1, -0.05) is 162 Å². The van der Waals surface area contributed by atoms with E-state index in [1.807, 2.05) is 0 Å². The molecule has 0 rings (SSSR count). The highest BCUT2D eigenvalue weighted by atomic mass is 16.5. The molecule has 0 heterocycles. The number of hydrogen-bond donors (Lipinski definition) is 1. The van der Waals surface area contributed by atoms with Crippen LogP contribution in [0.2, 0.25) is 0 Å². The Hall–Kier alpha value is -1.59. The van der Waals surface area contributed by atoms with Crippen molar-refractivity contribution in [3.63, 3.8) is 0 Å². The van der Waals surface area contributed by atoms with Gasteiger partial charge in [-0.15, -0.1) is 0 Å². The lowest BCUT2D eigenvalue weighted by molar-refractivity contribution is -0.305. The number of carbonyl (C=O) groups excluding carboxylic acids is 3. The zero-order valence-corrected chi connectivity index (χ0v) is 28.7. The van der Waals surface area contributed by atoms with Crippen LogP contribution in [0.25, 0.3) is 0 Å². The first-order valence-electron chi connectivity index (χ1n) is 18.6. The lowest BCUT2D eigenvalue weighted by atomic mass is 9.94. The zero-order chi connectivity index (χ0) is 31.8. The van der Waals surface area contributed by atoms with Crippen molar-refractivity contribution in [3.05, 3.63) is 0 Å². The average Bonchev–Trinajstić information content (AvgIpc) is 2.99. The smallest absolute Gasteiger partial charge is 0.328 e. The number of nitrogens with one attached hydrogen (secondary N) is 1. The minimum absolute atomic E-state index is 0.00476. The molecule has 6 heteroatoms. The van der Waals surface area contributed by atoms with Crippen molar-refractivity contribution in [2.24, 2.45) is 5.92 Å². The number of aliphatic carboxylic acids is 1. The molecule has 2 atom stereocenters. The number of rotatable bonds is 33. The van der Waals surface area contributed by atoms with E-state index in [4.69, 9.17) is 4.74 Å². The molecule has 2 unspecified atom stereocenters. The number of ether oxygens (including phenoxy) is 1. The van der Waals surface area contributed by atoms with Crippen molar-refractivity contribution in [1.29, 1.82) is 0 Å². The van der Waals surface area contributed by atoms with E-state index < -0.39 is 18.0 Å². The summed E-state index contributed by atoms with van der Waals surface area (Å²) < 4.78 is 5.75. The minimum Gasteiger partial charge on any atom is -0.550 e. The Morgan fingerprint density at radius 3 is 1.35 bits per heavy atom. The predicted molar refractivity (Wildman–Crippen MR) is 178 cm³/mol. The van der Waals surface area contributed by atoms with Crippen LogP contribution in [0, 0.1) is 5.92 Å². The molecule has 0 aromatic heterocycles. The summed E-state index contributed by atoms with van der Waals surface area (Å²) >= 11 is 0. The SMILES string of the molecule is CCCCCCCCCCCC(=O)NC(CCC(=O)[O-])C(=O)OCC(CCCCCCCC)CCCCCCCCCC. The highest BCUT2D eigenvalue weighted by Gasteiger charge is 2.23. The first kappa shape index (κ1) is 41.4. The number of amides is 1. The molecule has 0 saturated heterocycles. The standard InChI is InChI=1S/C37H71NO5/c1-4-7-10-13-16-18-20-23-26-29-35(39)38-34(30-31-36(40)41)37(42)43-32-33(27-24-21-15-12-9-6-3)28-25-22-19-17-14-11-8-5-2/h33-34H,4-32H2,1-3H3,(H,38,39)(H,40,41)/p-1. The van der Waals surface area contributed by atoms with Crippen LogP contribution in [-0.4, -0.2) is 30.5 Å². The Morgan fingerprint density at radius 1 is 0.535 bits per heavy atom. The molecule has 0 spiro atoms. The van der Waals surface area contributed by atoms with Gasteiger partial charge in [-0.05, 0) is 38.0 Å². The van der Waals surface area contributed by atoms with E-state index in [9.17, 15) is 19.5 Å². The molecule has 0 aliphatic heterocycles. The summed E-state index contributed by atoms with van der Waals surface area (Å²) in [6.07, 6.45) is 30.3. The Morgan fingerprint density at radius 2 is 0.930 bits per heavy atom. The van der Waals surface area contributed by atoms with Crippen molar-refractivity contribution in [2.75, 3.05) is 6.61 Å². The van der Waals surface area contributed by atoms with Gasteiger partial charge in [-0.3, -0.25) is 4.79 Å². The molecule has 0 aromatic carbocycles. The number of carboxylic acid groups (broad SMARTS) is 1. The highest BCUT2D eigenvalue weighted by molar-refractivity contribution is 5.84. The zero-order valence-electron chi connectivity index (χ0n) is 28.7. The third-order valence-electron chi connectivity index (χ3n) is 8.66. The molecular weight excluding hydrogens is 538 g/mol. The van der Waals surface area contributed by atoms with Crippen LogP contribution in [0.15, 0.2) is 0 Å². The maximum Gasteiger partial charge on any atom is 0.328 e. The number of esters is 1. The second-order valence-electron chi connectivity index (χ2n) is 12.9. The quantitative estimate of drug-likeness (QED) is 0.0591. The van der Waals surface area contributed by atoms with Crippen LogP contribution in [0.1, 0.15) is 201 Å². The summed E-state index contributed by atoms with van der Waals surface area (Å²) in [5.74, 6) is -1.62. The third-order valence-corrected chi connectivity index (χ3v) is 8.66. The largest absolute Gasteiger partial charge is 0.550 e. The summed E-state index contributed by atoms with van der Waals surface area (Å²) in [7, 11) is 0. The molecule has 0 bridgehead atoms. The molecule has 43 heavy (non-hydrogen) atoms. The van der Waals surface area contributed by atoms with Crippen molar-refractivity contribution < 1.29 is 24.2 Å². The van der Waals surface area contributed by atoms with Crippen molar-refractivity contribution >= 4 is 17.8 Å². The Kier molecular flexibility index (Phi) is 30.6. The first-order valence-corrected chi connectivity index (χ1v) is 18.6. The highest BCUT2D eigenvalue weighted by Crippen LogP contribution is 2.21. The van der Waals surface area contributed by atoms with E-state index in [0.717, 1.165) is 44.9 Å². The second-order valence-corrected chi connectivity index (χ2v) is 12.9. The van der Waals surface area contributed by atoms with Gasteiger partial charge < -0.3 is 20.0 Å². The lowest BCUT2D eigenvalue weighted by Gasteiger charge is -2.21. The van der Waals surface area contributed by atoms with Crippen LogP contribution in [0.3, 0.4) is 0 Å².